The van der Waals surface area contributed by atoms with Gasteiger partial charge in [-0.2, -0.15) is 0 Å². The van der Waals surface area contributed by atoms with Gasteiger partial charge >= 0.3 is 5.69 Å². The fraction of sp³-hybridized carbons (Fsp3) is 0.100. The van der Waals surface area contributed by atoms with E-state index < -0.39 is 11.2 Å². The van der Waals surface area contributed by atoms with Gasteiger partial charge in [0, 0.05) is 17.6 Å². The molecular formula is C20H16ClN3O3. The number of rotatable bonds is 3. The summed E-state index contributed by atoms with van der Waals surface area (Å²) in [6.07, 6.45) is 0. The van der Waals surface area contributed by atoms with Crippen molar-refractivity contribution in [2.45, 2.75) is 0 Å². The molecule has 0 aliphatic carbocycles. The summed E-state index contributed by atoms with van der Waals surface area (Å²) in [5, 5.41) is 1.04. The van der Waals surface area contributed by atoms with Crippen LogP contribution in [0.2, 0.25) is 5.02 Å². The number of benzene rings is 2. The highest BCUT2D eigenvalue weighted by molar-refractivity contribution is 6.30. The van der Waals surface area contributed by atoms with Crippen LogP contribution < -0.4 is 16.0 Å². The second-order valence-corrected chi connectivity index (χ2v) is 6.59. The van der Waals surface area contributed by atoms with Gasteiger partial charge in [0.1, 0.15) is 11.4 Å². The van der Waals surface area contributed by atoms with Crippen LogP contribution in [0, 0.1) is 0 Å². The van der Waals surface area contributed by atoms with Gasteiger partial charge in [-0.25, -0.2) is 4.79 Å². The predicted molar refractivity (Wildman–Crippen MR) is 107 cm³/mol. The van der Waals surface area contributed by atoms with Crippen molar-refractivity contribution < 1.29 is 4.74 Å². The number of aryl methyl sites for hydroxylation is 1. The molecule has 0 aliphatic rings. The predicted octanol–water partition coefficient (Wildman–Crippen LogP) is 3.55. The Bertz CT molecular complexity index is 1250. The van der Waals surface area contributed by atoms with Crippen molar-refractivity contribution in [1.82, 2.24) is 14.5 Å². The second-order valence-electron chi connectivity index (χ2n) is 6.15. The van der Waals surface area contributed by atoms with E-state index in [0.29, 0.717) is 27.4 Å². The summed E-state index contributed by atoms with van der Waals surface area (Å²) in [5.74, 6) is 0.716. The Kier molecular flexibility index (Phi) is 4.12. The van der Waals surface area contributed by atoms with Crippen LogP contribution in [0.15, 0.2) is 58.1 Å². The van der Waals surface area contributed by atoms with Crippen molar-refractivity contribution in [1.29, 1.82) is 0 Å². The molecule has 4 aromatic rings. The number of aromatic nitrogens is 3. The number of nitrogens with zero attached hydrogens (tertiary/aromatic N) is 1. The third-order valence-corrected chi connectivity index (χ3v) is 4.83. The smallest absolute Gasteiger partial charge is 0.329 e. The third kappa shape index (κ3) is 2.84. The first-order valence-electron chi connectivity index (χ1n) is 8.25. The van der Waals surface area contributed by atoms with Crippen LogP contribution in [-0.4, -0.2) is 21.6 Å². The van der Waals surface area contributed by atoms with E-state index in [4.69, 9.17) is 16.3 Å². The minimum atomic E-state index is -0.474. The molecule has 27 heavy (non-hydrogen) atoms. The molecule has 2 heterocycles. The van der Waals surface area contributed by atoms with Gasteiger partial charge in [-0.1, -0.05) is 35.9 Å². The molecule has 0 bridgehead atoms. The van der Waals surface area contributed by atoms with Gasteiger partial charge in [0.2, 0.25) is 0 Å². The van der Waals surface area contributed by atoms with Gasteiger partial charge in [-0.05, 0) is 35.4 Å². The van der Waals surface area contributed by atoms with Gasteiger partial charge in [0.05, 0.1) is 18.2 Å². The standard InChI is InChI=1S/C20H16ClN3O3/c1-24-18-16(19(25)23-20(24)26)15(11-5-9-14(27-2)10-6-11)17(22-18)12-3-7-13(21)8-4-12/h3-10,22H,1-2H3,(H,23,25,26). The van der Waals surface area contributed by atoms with E-state index in [1.807, 2.05) is 36.4 Å². The maximum absolute atomic E-state index is 12.6. The summed E-state index contributed by atoms with van der Waals surface area (Å²) in [4.78, 5) is 30.3. The number of hydrogen-bond donors (Lipinski definition) is 2. The topological polar surface area (TPSA) is 79.9 Å². The summed E-state index contributed by atoms with van der Waals surface area (Å²) < 4.78 is 6.62. The average molecular weight is 382 g/mol. The molecule has 0 unspecified atom stereocenters. The lowest BCUT2D eigenvalue weighted by Gasteiger charge is -2.07. The third-order valence-electron chi connectivity index (χ3n) is 4.58. The number of halogens is 1. The lowest BCUT2D eigenvalue weighted by molar-refractivity contribution is 0.415. The van der Waals surface area contributed by atoms with Gasteiger partial charge in [-0.15, -0.1) is 0 Å². The highest BCUT2D eigenvalue weighted by Gasteiger charge is 2.20. The van der Waals surface area contributed by atoms with E-state index in [-0.39, 0.29) is 0 Å². The number of aromatic amines is 2. The van der Waals surface area contributed by atoms with E-state index in [2.05, 4.69) is 9.97 Å². The number of fused-ring (bicyclic) bond motifs is 1. The molecule has 0 amide bonds. The first-order valence-corrected chi connectivity index (χ1v) is 8.62. The fourth-order valence-electron chi connectivity index (χ4n) is 3.18. The van der Waals surface area contributed by atoms with Crippen molar-refractivity contribution in [2.75, 3.05) is 7.11 Å². The van der Waals surface area contributed by atoms with Gasteiger partial charge in [0.15, 0.2) is 0 Å². The molecule has 0 saturated carbocycles. The first-order chi connectivity index (χ1) is 13.0. The maximum Gasteiger partial charge on any atom is 0.329 e. The second kappa shape index (κ2) is 6.48. The summed E-state index contributed by atoms with van der Waals surface area (Å²) in [7, 11) is 3.21. The Labute approximate surface area is 159 Å². The zero-order valence-corrected chi connectivity index (χ0v) is 15.4. The number of H-pyrrole nitrogens is 2. The van der Waals surface area contributed by atoms with Crippen LogP contribution in [-0.2, 0) is 7.05 Å². The summed E-state index contributed by atoms with van der Waals surface area (Å²) in [5.41, 5.74) is 2.68. The van der Waals surface area contributed by atoms with E-state index >= 15 is 0 Å². The minimum absolute atomic E-state index is 0.423. The number of hydrogen-bond acceptors (Lipinski definition) is 3. The van der Waals surface area contributed by atoms with Crippen LogP contribution in [0.1, 0.15) is 0 Å². The average Bonchev–Trinajstić information content (AvgIpc) is 3.08. The van der Waals surface area contributed by atoms with Crippen LogP contribution in [0.5, 0.6) is 5.75 Å². The highest BCUT2D eigenvalue weighted by Crippen LogP contribution is 2.37. The normalized spacial score (nSPS) is 11.1. The van der Waals surface area contributed by atoms with Crippen LogP contribution in [0.3, 0.4) is 0 Å². The molecule has 0 atom stereocenters. The molecule has 2 aromatic carbocycles. The lowest BCUT2D eigenvalue weighted by Crippen LogP contribution is -2.28. The molecule has 7 heteroatoms. The minimum Gasteiger partial charge on any atom is -0.497 e. The Morgan fingerprint density at radius 2 is 1.56 bits per heavy atom. The van der Waals surface area contributed by atoms with Crippen molar-refractivity contribution in [3.8, 4) is 28.1 Å². The molecule has 0 spiro atoms. The van der Waals surface area contributed by atoms with E-state index in [1.54, 1.807) is 26.3 Å². The summed E-state index contributed by atoms with van der Waals surface area (Å²) in [6.45, 7) is 0. The van der Waals surface area contributed by atoms with Crippen LogP contribution >= 0.6 is 11.6 Å². The van der Waals surface area contributed by atoms with Gasteiger partial charge in [0.25, 0.3) is 5.56 Å². The largest absolute Gasteiger partial charge is 0.497 e. The summed E-state index contributed by atoms with van der Waals surface area (Å²) >= 11 is 6.01. The first kappa shape index (κ1) is 17.2. The van der Waals surface area contributed by atoms with E-state index in [0.717, 1.165) is 16.8 Å². The van der Waals surface area contributed by atoms with Crippen molar-refractivity contribution in [3.05, 3.63) is 74.4 Å². The Morgan fingerprint density at radius 1 is 0.926 bits per heavy atom. The van der Waals surface area contributed by atoms with E-state index in [1.165, 1.54) is 4.57 Å². The van der Waals surface area contributed by atoms with Crippen molar-refractivity contribution >= 4 is 22.6 Å². The van der Waals surface area contributed by atoms with Crippen LogP contribution in [0.25, 0.3) is 33.4 Å². The Hall–Kier alpha value is -3.25. The van der Waals surface area contributed by atoms with Crippen molar-refractivity contribution in [2.24, 2.45) is 7.05 Å². The molecule has 0 aliphatic heterocycles. The van der Waals surface area contributed by atoms with E-state index in [9.17, 15) is 9.59 Å². The Balaban J connectivity index is 2.11. The number of ether oxygens (including phenoxy) is 1. The molecular weight excluding hydrogens is 366 g/mol. The zero-order chi connectivity index (χ0) is 19.1. The Morgan fingerprint density at radius 3 is 2.19 bits per heavy atom. The molecule has 0 saturated heterocycles. The monoisotopic (exact) mass is 381 g/mol. The molecule has 0 fully saturated rings. The fourth-order valence-corrected chi connectivity index (χ4v) is 3.31. The quantitative estimate of drug-likeness (QED) is 0.569. The number of methoxy groups -OCH3 is 1. The number of nitrogens with one attached hydrogen (secondary N) is 2. The lowest BCUT2D eigenvalue weighted by atomic mass is 9.99. The summed E-state index contributed by atoms with van der Waals surface area (Å²) in [6, 6.07) is 14.7. The van der Waals surface area contributed by atoms with Crippen LogP contribution in [0.4, 0.5) is 0 Å². The molecule has 0 radical (unpaired) electrons. The molecule has 2 N–H and O–H groups in total. The van der Waals surface area contributed by atoms with Gasteiger partial charge < -0.3 is 9.72 Å². The van der Waals surface area contributed by atoms with Gasteiger partial charge in [-0.3, -0.25) is 14.3 Å². The molecule has 2 aromatic heterocycles. The zero-order valence-electron chi connectivity index (χ0n) is 14.7. The molecule has 4 rings (SSSR count). The van der Waals surface area contributed by atoms with Crippen molar-refractivity contribution in [3.63, 3.8) is 0 Å². The molecule has 6 nitrogen and oxygen atoms in total. The highest BCUT2D eigenvalue weighted by atomic mass is 35.5. The SMILES string of the molecule is COc1ccc(-c2c(-c3ccc(Cl)cc3)[nH]c3c2c(=O)[nH]c(=O)n3C)cc1. The molecule has 136 valence electrons. The maximum atomic E-state index is 12.6.